The van der Waals surface area contributed by atoms with Crippen molar-refractivity contribution in [3.05, 3.63) is 23.8 Å². The minimum atomic E-state index is -0.496. The second-order valence-corrected chi connectivity index (χ2v) is 8.41. The van der Waals surface area contributed by atoms with Gasteiger partial charge < -0.3 is 20.4 Å². The number of carbonyl (C=O) groups is 1. The number of amides is 1. The van der Waals surface area contributed by atoms with E-state index >= 15 is 0 Å². The molecule has 0 spiro atoms. The first-order valence-electron chi connectivity index (χ1n) is 9.93. The Kier molecular flexibility index (Phi) is 7.11. The van der Waals surface area contributed by atoms with Gasteiger partial charge in [-0.2, -0.15) is 0 Å². The third-order valence-corrected chi connectivity index (χ3v) is 5.76. The van der Waals surface area contributed by atoms with Crippen LogP contribution in [-0.2, 0) is 14.1 Å². The first-order valence-corrected chi connectivity index (χ1v) is 9.93. The van der Waals surface area contributed by atoms with Crippen LogP contribution in [0.2, 0.25) is 0 Å². The lowest BCUT2D eigenvalue weighted by Crippen LogP contribution is -2.52. The van der Waals surface area contributed by atoms with Crippen LogP contribution in [0.3, 0.4) is 0 Å². The lowest BCUT2D eigenvalue weighted by atomic mass is 9.75. The zero-order chi connectivity index (χ0) is 19.4. The zero-order valence-electron chi connectivity index (χ0n) is 17.0. The molecule has 1 saturated heterocycles. The minimum absolute atomic E-state index is 0.135. The van der Waals surface area contributed by atoms with Gasteiger partial charge in [0.15, 0.2) is 0 Å². The summed E-state index contributed by atoms with van der Waals surface area (Å²) in [6.45, 7) is 10.0. The standard InChI is InChI=1S/C20H35BN2O3/c1-6-16(22)18(24)23-17(14-10-13-15-11-8-7-9-12-15)21-25-19(2,3)20(4,5)26-21/h8,11-12,16-17H,6-7,9-10,13-14,22H2,1-5H3,(H,23,24). The minimum Gasteiger partial charge on any atom is -0.402 e. The summed E-state index contributed by atoms with van der Waals surface area (Å²) < 4.78 is 12.4. The van der Waals surface area contributed by atoms with Gasteiger partial charge in [0.25, 0.3) is 0 Å². The highest BCUT2D eigenvalue weighted by Gasteiger charge is 2.54. The van der Waals surface area contributed by atoms with E-state index < -0.39 is 24.4 Å². The van der Waals surface area contributed by atoms with Gasteiger partial charge in [0.1, 0.15) is 0 Å². The van der Waals surface area contributed by atoms with Gasteiger partial charge in [-0.3, -0.25) is 4.79 Å². The van der Waals surface area contributed by atoms with Crippen LogP contribution in [0.5, 0.6) is 0 Å². The highest BCUT2D eigenvalue weighted by Crippen LogP contribution is 2.38. The van der Waals surface area contributed by atoms with Crippen LogP contribution in [0.4, 0.5) is 0 Å². The summed E-state index contributed by atoms with van der Waals surface area (Å²) >= 11 is 0. The van der Waals surface area contributed by atoms with Crippen molar-refractivity contribution < 1.29 is 14.1 Å². The van der Waals surface area contributed by atoms with Crippen molar-refractivity contribution in [2.75, 3.05) is 0 Å². The zero-order valence-corrected chi connectivity index (χ0v) is 17.0. The van der Waals surface area contributed by atoms with Crippen molar-refractivity contribution in [3.8, 4) is 0 Å². The molecule has 26 heavy (non-hydrogen) atoms. The summed E-state index contributed by atoms with van der Waals surface area (Å²) in [6, 6.07) is -0.496. The molecule has 2 rings (SSSR count). The maximum absolute atomic E-state index is 12.4. The normalized spacial score (nSPS) is 23.5. The summed E-state index contributed by atoms with van der Waals surface area (Å²) in [6.07, 6.45) is 12.4. The van der Waals surface area contributed by atoms with Gasteiger partial charge in [-0.15, -0.1) is 0 Å². The molecule has 5 nitrogen and oxygen atoms in total. The van der Waals surface area contributed by atoms with Gasteiger partial charge >= 0.3 is 7.12 Å². The van der Waals surface area contributed by atoms with Crippen molar-refractivity contribution in [1.82, 2.24) is 5.32 Å². The Morgan fingerprint density at radius 1 is 1.27 bits per heavy atom. The van der Waals surface area contributed by atoms with Gasteiger partial charge in [0.2, 0.25) is 5.91 Å². The molecule has 0 bridgehead atoms. The monoisotopic (exact) mass is 362 g/mol. The van der Waals surface area contributed by atoms with Crippen LogP contribution in [-0.4, -0.2) is 36.2 Å². The van der Waals surface area contributed by atoms with E-state index in [1.165, 1.54) is 5.57 Å². The van der Waals surface area contributed by atoms with Crippen molar-refractivity contribution in [3.63, 3.8) is 0 Å². The highest BCUT2D eigenvalue weighted by atomic mass is 16.7. The second kappa shape index (κ2) is 8.72. The highest BCUT2D eigenvalue weighted by molar-refractivity contribution is 6.48. The predicted octanol–water partition coefficient (Wildman–Crippen LogP) is 3.29. The largest absolute Gasteiger partial charge is 0.481 e. The van der Waals surface area contributed by atoms with Crippen molar-refractivity contribution in [2.45, 2.75) is 96.3 Å². The number of hydrogen-bond donors (Lipinski definition) is 2. The second-order valence-electron chi connectivity index (χ2n) is 8.41. The van der Waals surface area contributed by atoms with E-state index in [0.29, 0.717) is 6.42 Å². The lowest BCUT2D eigenvalue weighted by molar-refractivity contribution is -0.122. The number of nitrogens with two attached hydrogens (primary N) is 1. The summed E-state index contributed by atoms with van der Waals surface area (Å²) in [5, 5.41) is 3.07. The van der Waals surface area contributed by atoms with E-state index in [1.807, 2.05) is 34.6 Å². The molecule has 2 aliphatic rings. The van der Waals surface area contributed by atoms with Crippen LogP contribution < -0.4 is 11.1 Å². The molecule has 1 fully saturated rings. The van der Waals surface area contributed by atoms with E-state index in [4.69, 9.17) is 15.0 Å². The Balaban J connectivity index is 2.00. The molecule has 0 aromatic rings. The molecule has 0 saturated carbocycles. The maximum atomic E-state index is 12.4. The molecule has 6 heteroatoms. The van der Waals surface area contributed by atoms with Gasteiger partial charge in [-0.25, -0.2) is 0 Å². The van der Waals surface area contributed by atoms with Crippen LogP contribution >= 0.6 is 0 Å². The third kappa shape index (κ3) is 5.21. The molecular weight excluding hydrogens is 327 g/mol. The molecule has 0 aromatic carbocycles. The molecule has 1 heterocycles. The van der Waals surface area contributed by atoms with Gasteiger partial charge in [-0.1, -0.05) is 30.7 Å². The van der Waals surface area contributed by atoms with Crippen molar-refractivity contribution in [2.24, 2.45) is 5.73 Å². The Hall–Kier alpha value is -1.11. The molecule has 146 valence electrons. The summed E-state index contributed by atoms with van der Waals surface area (Å²) in [7, 11) is -0.455. The molecule has 2 atom stereocenters. The summed E-state index contributed by atoms with van der Waals surface area (Å²) in [5.41, 5.74) is 6.45. The molecule has 2 unspecified atom stereocenters. The van der Waals surface area contributed by atoms with Crippen LogP contribution in [0.15, 0.2) is 23.8 Å². The maximum Gasteiger partial charge on any atom is 0.481 e. The Labute approximate surface area is 158 Å². The first kappa shape index (κ1) is 21.2. The fraction of sp³-hybridized carbons (Fsp3) is 0.750. The molecule has 0 radical (unpaired) electrons. The SMILES string of the molecule is CCC(N)C(=O)NC(CCCC1=CCCC=C1)B1OC(C)(C)C(C)(C)O1. The third-order valence-electron chi connectivity index (χ3n) is 5.76. The molecular formula is C20H35BN2O3. The van der Waals surface area contributed by atoms with E-state index in [9.17, 15) is 4.79 Å². The number of hydrogen-bond acceptors (Lipinski definition) is 4. The Morgan fingerprint density at radius 3 is 2.46 bits per heavy atom. The summed E-state index contributed by atoms with van der Waals surface area (Å²) in [4.78, 5) is 12.4. The number of nitrogens with one attached hydrogen (secondary N) is 1. The van der Waals surface area contributed by atoms with E-state index in [-0.39, 0.29) is 11.8 Å². The predicted molar refractivity (Wildman–Crippen MR) is 107 cm³/mol. The Bertz CT molecular complexity index is 541. The van der Waals surface area contributed by atoms with E-state index in [1.54, 1.807) is 0 Å². The molecule has 1 aliphatic heterocycles. The fourth-order valence-electron chi connectivity index (χ4n) is 3.18. The lowest BCUT2D eigenvalue weighted by Gasteiger charge is -2.32. The van der Waals surface area contributed by atoms with Gasteiger partial charge in [0, 0.05) is 0 Å². The fourth-order valence-corrected chi connectivity index (χ4v) is 3.18. The average Bonchev–Trinajstić information content (AvgIpc) is 2.81. The van der Waals surface area contributed by atoms with Crippen LogP contribution in [0, 0.1) is 0 Å². The molecule has 1 amide bonds. The number of carbonyl (C=O) groups excluding carboxylic acids is 1. The first-order chi connectivity index (χ1) is 12.2. The van der Waals surface area contributed by atoms with E-state index in [0.717, 1.165) is 32.1 Å². The summed E-state index contributed by atoms with van der Waals surface area (Å²) in [5.74, 6) is -0.335. The smallest absolute Gasteiger partial charge is 0.402 e. The van der Waals surface area contributed by atoms with Gasteiger partial charge in [0.05, 0.1) is 23.2 Å². The Morgan fingerprint density at radius 2 is 1.92 bits per heavy atom. The molecule has 3 N–H and O–H groups in total. The number of allylic oxidation sites excluding steroid dienone is 4. The van der Waals surface area contributed by atoms with Gasteiger partial charge in [-0.05, 0) is 66.2 Å². The van der Waals surface area contributed by atoms with E-state index in [2.05, 4.69) is 23.5 Å². The number of rotatable bonds is 8. The molecule has 1 aliphatic carbocycles. The van der Waals surface area contributed by atoms with Crippen LogP contribution in [0.25, 0.3) is 0 Å². The average molecular weight is 362 g/mol. The molecule has 0 aromatic heterocycles. The van der Waals surface area contributed by atoms with Crippen molar-refractivity contribution >= 4 is 13.0 Å². The van der Waals surface area contributed by atoms with Crippen molar-refractivity contribution in [1.29, 1.82) is 0 Å². The quantitative estimate of drug-likeness (QED) is 0.650. The van der Waals surface area contributed by atoms with Crippen LogP contribution in [0.1, 0.15) is 73.1 Å². The topological polar surface area (TPSA) is 73.6 Å².